The number of halogens is 1. The first-order chi connectivity index (χ1) is 5.79. The summed E-state index contributed by atoms with van der Waals surface area (Å²) >= 11 is 5.80. The number of hydrogen-bond donors (Lipinski definition) is 1. The van der Waals surface area contributed by atoms with Crippen molar-refractivity contribution in [3.8, 4) is 5.75 Å². The van der Waals surface area contributed by atoms with Gasteiger partial charge in [0.15, 0.2) is 0 Å². The van der Waals surface area contributed by atoms with Crippen LogP contribution in [0.3, 0.4) is 0 Å². The lowest BCUT2D eigenvalue weighted by atomic mass is 10.2. The molecular formula is C8H8ClNO2. The van der Waals surface area contributed by atoms with Crippen molar-refractivity contribution in [1.29, 1.82) is 0 Å². The summed E-state index contributed by atoms with van der Waals surface area (Å²) in [7, 11) is 1.53. The van der Waals surface area contributed by atoms with Gasteiger partial charge >= 0.3 is 0 Å². The molecule has 0 radical (unpaired) electrons. The molecule has 1 N–H and O–H groups in total. The topological polar surface area (TPSA) is 41.8 Å². The average Bonchev–Trinajstić information content (AvgIpc) is 2.09. The van der Waals surface area contributed by atoms with E-state index in [1.54, 1.807) is 18.2 Å². The third-order valence-corrected chi connectivity index (χ3v) is 1.75. The van der Waals surface area contributed by atoms with E-state index >= 15 is 0 Å². The Hall–Kier alpha value is -1.22. The molecule has 3 nitrogen and oxygen atoms in total. The number of nitrogens with zero attached hydrogens (tertiary/aromatic N) is 1. The van der Waals surface area contributed by atoms with Crippen molar-refractivity contribution in [3.05, 3.63) is 28.8 Å². The Morgan fingerprint density at radius 2 is 2.33 bits per heavy atom. The minimum absolute atomic E-state index is 0.493. The minimum Gasteiger partial charge on any atom is -0.496 e. The second-order valence-electron chi connectivity index (χ2n) is 2.10. The molecule has 0 aromatic heterocycles. The molecule has 1 aromatic carbocycles. The summed E-state index contributed by atoms with van der Waals surface area (Å²) in [5.74, 6) is 0.584. The van der Waals surface area contributed by atoms with Crippen LogP contribution < -0.4 is 4.74 Å². The molecule has 12 heavy (non-hydrogen) atoms. The molecule has 0 aliphatic heterocycles. The third-order valence-electron chi connectivity index (χ3n) is 1.42. The van der Waals surface area contributed by atoms with Crippen LogP contribution in [-0.4, -0.2) is 18.5 Å². The van der Waals surface area contributed by atoms with E-state index in [0.29, 0.717) is 16.3 Å². The summed E-state index contributed by atoms with van der Waals surface area (Å²) in [5, 5.41) is 11.7. The Balaban J connectivity index is 3.19. The van der Waals surface area contributed by atoms with Gasteiger partial charge in [-0.2, -0.15) is 0 Å². The highest BCUT2D eigenvalue weighted by Crippen LogP contribution is 2.23. The summed E-state index contributed by atoms with van der Waals surface area (Å²) in [6.45, 7) is 0. The molecule has 0 bridgehead atoms. The lowest BCUT2D eigenvalue weighted by Crippen LogP contribution is -1.91. The second-order valence-corrected chi connectivity index (χ2v) is 2.51. The van der Waals surface area contributed by atoms with Crippen LogP contribution in [0.5, 0.6) is 5.75 Å². The van der Waals surface area contributed by atoms with Crippen LogP contribution in [0.15, 0.2) is 23.4 Å². The fourth-order valence-corrected chi connectivity index (χ4v) is 1.09. The number of oxime groups is 1. The summed E-state index contributed by atoms with van der Waals surface area (Å²) in [6.07, 6.45) is 1.24. The van der Waals surface area contributed by atoms with Crippen LogP contribution >= 0.6 is 11.6 Å². The van der Waals surface area contributed by atoms with E-state index in [0.717, 1.165) is 0 Å². The molecule has 0 aliphatic carbocycles. The molecule has 4 heteroatoms. The smallest absolute Gasteiger partial charge is 0.129 e. The second kappa shape index (κ2) is 3.97. The molecule has 0 fully saturated rings. The first-order valence-electron chi connectivity index (χ1n) is 3.29. The van der Waals surface area contributed by atoms with E-state index in [4.69, 9.17) is 21.5 Å². The Bertz CT molecular complexity index is 299. The van der Waals surface area contributed by atoms with Crippen molar-refractivity contribution in [2.24, 2.45) is 5.16 Å². The van der Waals surface area contributed by atoms with Gasteiger partial charge < -0.3 is 9.94 Å². The molecule has 1 rings (SSSR count). The standard InChI is InChI=1S/C8H8ClNO2/c1-12-8-4-2-3-7(9)6(8)5-10-11/h2-5,11H,1H3/b10-5-. The lowest BCUT2D eigenvalue weighted by Gasteiger charge is -2.04. The van der Waals surface area contributed by atoms with Crippen LogP contribution in [-0.2, 0) is 0 Å². The number of ether oxygens (including phenoxy) is 1. The normalized spacial score (nSPS) is 10.5. The lowest BCUT2D eigenvalue weighted by molar-refractivity contribution is 0.321. The van der Waals surface area contributed by atoms with Crippen LogP contribution in [0.2, 0.25) is 5.02 Å². The van der Waals surface area contributed by atoms with Crippen molar-refractivity contribution in [1.82, 2.24) is 0 Å². The van der Waals surface area contributed by atoms with E-state index in [-0.39, 0.29) is 0 Å². The largest absolute Gasteiger partial charge is 0.496 e. The van der Waals surface area contributed by atoms with Crippen LogP contribution in [0.4, 0.5) is 0 Å². The maximum absolute atomic E-state index is 8.32. The van der Waals surface area contributed by atoms with Gasteiger partial charge in [-0.1, -0.05) is 22.8 Å². The molecular weight excluding hydrogens is 178 g/mol. The van der Waals surface area contributed by atoms with Gasteiger partial charge in [0.25, 0.3) is 0 Å². The van der Waals surface area contributed by atoms with Crippen molar-refractivity contribution < 1.29 is 9.94 Å². The summed E-state index contributed by atoms with van der Waals surface area (Å²) in [4.78, 5) is 0. The Morgan fingerprint density at radius 1 is 1.58 bits per heavy atom. The Morgan fingerprint density at radius 3 is 2.92 bits per heavy atom. The van der Waals surface area contributed by atoms with E-state index in [9.17, 15) is 0 Å². The van der Waals surface area contributed by atoms with E-state index < -0.39 is 0 Å². The molecule has 0 saturated carbocycles. The molecule has 0 aliphatic rings. The predicted octanol–water partition coefficient (Wildman–Crippen LogP) is 2.16. The summed E-state index contributed by atoms with van der Waals surface area (Å²) in [5.41, 5.74) is 0.573. The zero-order chi connectivity index (χ0) is 8.97. The average molecular weight is 186 g/mol. The van der Waals surface area contributed by atoms with Gasteiger partial charge in [-0.15, -0.1) is 0 Å². The number of benzene rings is 1. The third kappa shape index (κ3) is 1.68. The van der Waals surface area contributed by atoms with Crippen LogP contribution in [0.1, 0.15) is 5.56 Å². The molecule has 0 amide bonds. The molecule has 0 atom stereocenters. The van der Waals surface area contributed by atoms with Crippen molar-refractivity contribution in [2.45, 2.75) is 0 Å². The highest BCUT2D eigenvalue weighted by molar-refractivity contribution is 6.33. The molecule has 64 valence electrons. The summed E-state index contributed by atoms with van der Waals surface area (Å²) in [6, 6.07) is 5.19. The predicted molar refractivity (Wildman–Crippen MR) is 47.4 cm³/mol. The van der Waals surface area contributed by atoms with Crippen LogP contribution in [0.25, 0.3) is 0 Å². The van der Waals surface area contributed by atoms with E-state index in [1.807, 2.05) is 0 Å². The van der Waals surface area contributed by atoms with Gasteiger partial charge in [-0.05, 0) is 12.1 Å². The first kappa shape index (κ1) is 8.87. The fraction of sp³-hybridized carbons (Fsp3) is 0.125. The zero-order valence-electron chi connectivity index (χ0n) is 6.49. The summed E-state index contributed by atoms with van der Waals surface area (Å²) < 4.78 is 4.99. The van der Waals surface area contributed by atoms with Gasteiger partial charge in [-0.3, -0.25) is 0 Å². The molecule has 0 spiro atoms. The maximum atomic E-state index is 8.32. The zero-order valence-corrected chi connectivity index (χ0v) is 7.25. The van der Waals surface area contributed by atoms with E-state index in [2.05, 4.69) is 5.16 Å². The van der Waals surface area contributed by atoms with Crippen molar-refractivity contribution in [2.75, 3.05) is 7.11 Å². The highest BCUT2D eigenvalue weighted by Gasteiger charge is 2.03. The SMILES string of the molecule is COc1cccc(Cl)c1/C=N\O. The van der Waals surface area contributed by atoms with Gasteiger partial charge in [0.1, 0.15) is 5.75 Å². The Kier molecular flexibility index (Phi) is 2.94. The van der Waals surface area contributed by atoms with Gasteiger partial charge in [0, 0.05) is 0 Å². The Labute approximate surface area is 75.2 Å². The quantitative estimate of drug-likeness (QED) is 0.436. The van der Waals surface area contributed by atoms with Gasteiger partial charge in [0.05, 0.1) is 23.9 Å². The molecule has 0 saturated heterocycles. The minimum atomic E-state index is 0.493. The molecule has 1 aromatic rings. The van der Waals surface area contributed by atoms with Crippen molar-refractivity contribution >= 4 is 17.8 Å². The van der Waals surface area contributed by atoms with E-state index in [1.165, 1.54) is 13.3 Å². The molecule has 0 heterocycles. The monoisotopic (exact) mass is 185 g/mol. The fourth-order valence-electron chi connectivity index (χ4n) is 0.878. The number of rotatable bonds is 2. The number of hydrogen-bond acceptors (Lipinski definition) is 3. The van der Waals surface area contributed by atoms with Gasteiger partial charge in [0.2, 0.25) is 0 Å². The highest BCUT2D eigenvalue weighted by atomic mass is 35.5. The van der Waals surface area contributed by atoms with Crippen molar-refractivity contribution in [3.63, 3.8) is 0 Å². The first-order valence-corrected chi connectivity index (χ1v) is 3.67. The number of methoxy groups -OCH3 is 1. The maximum Gasteiger partial charge on any atom is 0.129 e. The van der Waals surface area contributed by atoms with Crippen LogP contribution in [0, 0.1) is 0 Å². The molecule has 0 unspecified atom stereocenters. The van der Waals surface area contributed by atoms with Gasteiger partial charge in [-0.25, -0.2) is 0 Å².